The summed E-state index contributed by atoms with van der Waals surface area (Å²) in [6, 6.07) is 7.22. The second-order valence-corrected chi connectivity index (χ2v) is 4.88. The molecule has 0 bridgehead atoms. The first-order valence-electron chi connectivity index (χ1n) is 6.39. The van der Waals surface area contributed by atoms with Crippen molar-refractivity contribution in [1.82, 2.24) is 4.98 Å². The second kappa shape index (κ2) is 4.87. The van der Waals surface area contributed by atoms with E-state index in [4.69, 9.17) is 0 Å². The van der Waals surface area contributed by atoms with Gasteiger partial charge in [-0.1, -0.05) is 6.07 Å². The topological polar surface area (TPSA) is 37.3 Å². The van der Waals surface area contributed by atoms with Crippen molar-refractivity contribution in [3.05, 3.63) is 59.2 Å². The van der Waals surface area contributed by atoms with Gasteiger partial charge in [-0.2, -0.15) is 0 Å². The van der Waals surface area contributed by atoms with Gasteiger partial charge < -0.3 is 5.32 Å². The molecule has 6 heteroatoms. The second-order valence-electron chi connectivity index (χ2n) is 4.88. The Morgan fingerprint density at radius 3 is 2.81 bits per heavy atom. The molecule has 1 aromatic heterocycles. The van der Waals surface area contributed by atoms with E-state index in [1.165, 1.54) is 6.07 Å². The zero-order valence-corrected chi connectivity index (χ0v) is 11.2. The summed E-state index contributed by atoms with van der Waals surface area (Å²) >= 11 is 0. The van der Waals surface area contributed by atoms with Crippen LogP contribution in [-0.4, -0.2) is 10.8 Å². The standard InChI is InChI=1S/C15H12F3N3/c1-15(17,18)11-7-10(4-5-12(11)16)21-14-13-9(8-20-14)3-2-6-19-13/h2-7H,8H2,1H3,(H,20,21). The molecule has 0 saturated carbocycles. The summed E-state index contributed by atoms with van der Waals surface area (Å²) in [7, 11) is 0. The molecule has 108 valence electrons. The van der Waals surface area contributed by atoms with Gasteiger partial charge in [0.05, 0.1) is 12.1 Å². The number of amidine groups is 1. The highest BCUT2D eigenvalue weighted by Gasteiger charge is 2.28. The van der Waals surface area contributed by atoms with Gasteiger partial charge in [0.25, 0.3) is 5.92 Å². The van der Waals surface area contributed by atoms with Crippen LogP contribution in [0.15, 0.2) is 41.5 Å². The monoisotopic (exact) mass is 291 g/mol. The number of nitrogens with one attached hydrogen (secondary N) is 1. The van der Waals surface area contributed by atoms with E-state index in [-0.39, 0.29) is 0 Å². The lowest BCUT2D eigenvalue weighted by atomic mass is 10.1. The quantitative estimate of drug-likeness (QED) is 0.916. The van der Waals surface area contributed by atoms with Crippen LogP contribution in [0, 0.1) is 5.82 Å². The number of aliphatic imine (C=N–C) groups is 1. The highest BCUT2D eigenvalue weighted by molar-refractivity contribution is 6.09. The van der Waals surface area contributed by atoms with Crippen molar-refractivity contribution in [2.24, 2.45) is 4.99 Å². The van der Waals surface area contributed by atoms with Crippen LogP contribution in [0.1, 0.15) is 23.7 Å². The maximum absolute atomic E-state index is 13.5. The Morgan fingerprint density at radius 1 is 1.24 bits per heavy atom. The van der Waals surface area contributed by atoms with E-state index in [1.807, 2.05) is 12.1 Å². The van der Waals surface area contributed by atoms with E-state index in [0.717, 1.165) is 17.7 Å². The molecule has 0 atom stereocenters. The van der Waals surface area contributed by atoms with E-state index in [2.05, 4.69) is 15.3 Å². The average molecular weight is 291 g/mol. The molecule has 2 aromatic rings. The highest BCUT2D eigenvalue weighted by atomic mass is 19.3. The van der Waals surface area contributed by atoms with Crippen LogP contribution in [-0.2, 0) is 12.5 Å². The molecule has 1 aliphatic heterocycles. The summed E-state index contributed by atoms with van der Waals surface area (Å²) in [6.07, 6.45) is 1.64. The van der Waals surface area contributed by atoms with E-state index < -0.39 is 17.3 Å². The SMILES string of the molecule is CC(F)(F)c1cc(NC2=NCc3cccnc32)ccc1F. The molecular weight excluding hydrogens is 279 g/mol. The number of halogens is 3. The van der Waals surface area contributed by atoms with Gasteiger partial charge in [0.15, 0.2) is 5.84 Å². The van der Waals surface area contributed by atoms with Gasteiger partial charge in [-0.15, -0.1) is 0 Å². The number of fused-ring (bicyclic) bond motifs is 1. The number of hydrogen-bond acceptors (Lipinski definition) is 3. The van der Waals surface area contributed by atoms with Crippen LogP contribution < -0.4 is 5.32 Å². The molecule has 0 saturated heterocycles. The molecular formula is C15H12F3N3. The van der Waals surface area contributed by atoms with Gasteiger partial charge in [-0.05, 0) is 24.3 Å². The van der Waals surface area contributed by atoms with Crippen LogP contribution in [0.2, 0.25) is 0 Å². The zero-order valence-electron chi connectivity index (χ0n) is 11.2. The van der Waals surface area contributed by atoms with E-state index in [9.17, 15) is 13.2 Å². The number of benzene rings is 1. The Balaban J connectivity index is 1.91. The number of pyridine rings is 1. The number of nitrogens with zero attached hydrogens (tertiary/aromatic N) is 2. The third-order valence-electron chi connectivity index (χ3n) is 3.23. The number of hydrogen-bond donors (Lipinski definition) is 1. The van der Waals surface area contributed by atoms with E-state index >= 15 is 0 Å². The van der Waals surface area contributed by atoms with Crippen molar-refractivity contribution < 1.29 is 13.2 Å². The number of anilines is 1. The number of aromatic nitrogens is 1. The van der Waals surface area contributed by atoms with Crippen LogP contribution in [0.5, 0.6) is 0 Å². The van der Waals surface area contributed by atoms with Gasteiger partial charge in [-0.3, -0.25) is 9.98 Å². The molecule has 0 aliphatic carbocycles. The maximum atomic E-state index is 13.5. The molecule has 0 amide bonds. The fraction of sp³-hybridized carbons (Fsp3) is 0.200. The summed E-state index contributed by atoms with van der Waals surface area (Å²) in [5, 5.41) is 2.92. The predicted molar refractivity (Wildman–Crippen MR) is 74.1 cm³/mol. The largest absolute Gasteiger partial charge is 0.339 e. The maximum Gasteiger partial charge on any atom is 0.273 e. The van der Waals surface area contributed by atoms with Gasteiger partial charge in [-0.25, -0.2) is 13.2 Å². The Labute approximate surface area is 119 Å². The van der Waals surface area contributed by atoms with Crippen LogP contribution in [0.3, 0.4) is 0 Å². The summed E-state index contributed by atoms with van der Waals surface area (Å²) in [6.45, 7) is 1.16. The van der Waals surface area contributed by atoms with Gasteiger partial charge in [0.1, 0.15) is 11.5 Å². The van der Waals surface area contributed by atoms with Crippen molar-refractivity contribution >= 4 is 11.5 Å². The third kappa shape index (κ3) is 2.61. The molecule has 0 spiro atoms. The van der Waals surface area contributed by atoms with Crippen molar-refractivity contribution in [1.29, 1.82) is 0 Å². The van der Waals surface area contributed by atoms with Crippen molar-refractivity contribution in [3.8, 4) is 0 Å². The predicted octanol–water partition coefficient (Wildman–Crippen LogP) is 3.70. The summed E-state index contributed by atoms with van der Waals surface area (Å²) < 4.78 is 40.1. The van der Waals surface area contributed by atoms with Gasteiger partial charge in [0, 0.05) is 24.4 Å². The molecule has 1 aliphatic rings. The molecule has 2 heterocycles. The lowest BCUT2D eigenvalue weighted by molar-refractivity contribution is 0.0138. The molecule has 0 fully saturated rings. The lowest BCUT2D eigenvalue weighted by Crippen LogP contribution is -2.15. The summed E-state index contributed by atoms with van der Waals surface area (Å²) in [4.78, 5) is 8.49. The number of rotatable bonds is 2. The molecule has 0 unspecified atom stereocenters. The average Bonchev–Trinajstić information content (AvgIpc) is 2.83. The molecule has 3 rings (SSSR count). The van der Waals surface area contributed by atoms with E-state index in [1.54, 1.807) is 6.20 Å². The normalized spacial score (nSPS) is 13.8. The zero-order chi connectivity index (χ0) is 15.0. The first-order chi connectivity index (χ1) is 9.95. The van der Waals surface area contributed by atoms with Crippen LogP contribution in [0.4, 0.5) is 18.9 Å². The fourth-order valence-corrected chi connectivity index (χ4v) is 2.19. The number of alkyl halides is 2. The minimum Gasteiger partial charge on any atom is -0.339 e. The van der Waals surface area contributed by atoms with E-state index in [0.29, 0.717) is 30.7 Å². The fourth-order valence-electron chi connectivity index (χ4n) is 2.19. The van der Waals surface area contributed by atoms with Gasteiger partial charge in [0.2, 0.25) is 0 Å². The minimum absolute atomic E-state index is 0.352. The smallest absolute Gasteiger partial charge is 0.273 e. The van der Waals surface area contributed by atoms with Crippen molar-refractivity contribution in [3.63, 3.8) is 0 Å². The molecule has 3 nitrogen and oxygen atoms in total. The molecule has 21 heavy (non-hydrogen) atoms. The third-order valence-corrected chi connectivity index (χ3v) is 3.23. The Bertz CT molecular complexity index is 720. The van der Waals surface area contributed by atoms with Crippen LogP contribution in [0.25, 0.3) is 0 Å². The molecule has 1 aromatic carbocycles. The summed E-state index contributed by atoms with van der Waals surface area (Å²) in [5.41, 5.74) is 1.35. The van der Waals surface area contributed by atoms with Crippen LogP contribution >= 0.6 is 0 Å². The van der Waals surface area contributed by atoms with Crippen molar-refractivity contribution in [2.45, 2.75) is 19.4 Å². The Kier molecular flexibility index (Phi) is 3.16. The minimum atomic E-state index is -3.24. The van der Waals surface area contributed by atoms with Crippen molar-refractivity contribution in [2.75, 3.05) is 5.32 Å². The first-order valence-corrected chi connectivity index (χ1v) is 6.39. The highest BCUT2D eigenvalue weighted by Crippen LogP contribution is 2.31. The van der Waals surface area contributed by atoms with Gasteiger partial charge >= 0.3 is 0 Å². The lowest BCUT2D eigenvalue weighted by Gasteiger charge is -2.14. The molecule has 1 N–H and O–H groups in total. The molecule has 0 radical (unpaired) electrons. The first kappa shape index (κ1) is 13.6. The Hall–Kier alpha value is -2.37. The Morgan fingerprint density at radius 2 is 2.05 bits per heavy atom. The summed E-state index contributed by atoms with van der Waals surface area (Å²) in [5.74, 6) is -3.67.